The number of carbonyl (C=O) groups excluding carboxylic acids is 1. The normalized spacial score (nSPS) is 10.5. The van der Waals surface area contributed by atoms with Gasteiger partial charge in [-0.15, -0.1) is 0 Å². The number of ether oxygens (including phenoxy) is 2. The van der Waals surface area contributed by atoms with E-state index < -0.39 is 0 Å². The van der Waals surface area contributed by atoms with Gasteiger partial charge in [0, 0.05) is 16.2 Å². The summed E-state index contributed by atoms with van der Waals surface area (Å²) in [7, 11) is 3.18. The van der Waals surface area contributed by atoms with Crippen molar-refractivity contribution in [1.82, 2.24) is 9.78 Å². The van der Waals surface area contributed by atoms with Crippen LogP contribution in [0.25, 0.3) is 16.9 Å². The zero-order valence-electron chi connectivity index (χ0n) is 17.0. The predicted octanol–water partition coefficient (Wildman–Crippen LogP) is 5.57. The minimum Gasteiger partial charge on any atom is -0.497 e. The van der Waals surface area contributed by atoms with Crippen molar-refractivity contribution in [3.63, 3.8) is 0 Å². The average Bonchev–Trinajstić information content (AvgIpc) is 3.26. The molecule has 1 heterocycles. The Labute approximate surface area is 188 Å². The second-order valence-corrected chi connectivity index (χ2v) is 7.53. The zero-order valence-corrected chi connectivity index (χ0v) is 18.6. The second-order valence-electron chi connectivity index (χ2n) is 6.67. The number of aromatic nitrogens is 2. The van der Waals surface area contributed by atoms with Gasteiger partial charge < -0.3 is 14.8 Å². The lowest BCUT2D eigenvalue weighted by Crippen LogP contribution is -2.12. The molecule has 0 spiro atoms. The zero-order chi connectivity index (χ0) is 21.8. The van der Waals surface area contributed by atoms with Crippen LogP contribution in [0.5, 0.6) is 11.5 Å². The Bertz CT molecular complexity index is 1220. The molecule has 1 amide bonds. The number of halogens is 1. The number of anilines is 1. The smallest absolute Gasteiger partial charge is 0.259 e. The summed E-state index contributed by atoms with van der Waals surface area (Å²) in [4.78, 5) is 13.3. The van der Waals surface area contributed by atoms with Crippen molar-refractivity contribution in [3.8, 4) is 28.4 Å². The fourth-order valence-electron chi connectivity index (χ4n) is 3.20. The van der Waals surface area contributed by atoms with E-state index in [0.29, 0.717) is 34.0 Å². The number of nitrogens with zero attached hydrogens (tertiary/aromatic N) is 2. The molecule has 4 rings (SSSR count). The SMILES string of the molecule is COc1ccc(OC)c(-c2nn(-c3ccccc3)cc2C(=O)Nc2ccccc2Br)c1. The number of nitrogens with one attached hydrogen (secondary N) is 1. The lowest BCUT2D eigenvalue weighted by Gasteiger charge is -2.11. The Balaban J connectivity index is 1.85. The lowest BCUT2D eigenvalue weighted by molar-refractivity contribution is 0.102. The van der Waals surface area contributed by atoms with Crippen molar-refractivity contribution < 1.29 is 14.3 Å². The van der Waals surface area contributed by atoms with Gasteiger partial charge in [0.15, 0.2) is 0 Å². The summed E-state index contributed by atoms with van der Waals surface area (Å²) in [5, 5.41) is 7.68. The van der Waals surface area contributed by atoms with Gasteiger partial charge in [-0.1, -0.05) is 30.3 Å². The highest BCUT2D eigenvalue weighted by Gasteiger charge is 2.22. The summed E-state index contributed by atoms with van der Waals surface area (Å²) in [6, 6.07) is 22.5. The molecule has 0 fully saturated rings. The predicted molar refractivity (Wildman–Crippen MR) is 124 cm³/mol. The van der Waals surface area contributed by atoms with E-state index in [4.69, 9.17) is 14.6 Å². The van der Waals surface area contributed by atoms with Crippen LogP contribution in [0.2, 0.25) is 0 Å². The van der Waals surface area contributed by atoms with Crippen LogP contribution < -0.4 is 14.8 Å². The van der Waals surface area contributed by atoms with Crippen LogP contribution in [0.4, 0.5) is 5.69 Å². The maximum atomic E-state index is 13.3. The standard InChI is InChI=1S/C24H20BrN3O3/c1-30-17-12-13-22(31-2)18(14-17)23-19(15-28(27-23)16-8-4-3-5-9-16)24(29)26-21-11-7-6-10-20(21)25/h3-15H,1-2H3,(H,26,29). The van der Waals surface area contributed by atoms with Crippen LogP contribution in [-0.4, -0.2) is 29.9 Å². The Hall–Kier alpha value is -3.58. The number of methoxy groups -OCH3 is 2. The summed E-state index contributed by atoms with van der Waals surface area (Å²) in [5.74, 6) is 0.949. The van der Waals surface area contributed by atoms with Crippen LogP contribution in [-0.2, 0) is 0 Å². The van der Waals surface area contributed by atoms with Gasteiger partial charge in [-0.25, -0.2) is 4.68 Å². The third-order valence-electron chi connectivity index (χ3n) is 4.76. The van der Waals surface area contributed by atoms with Gasteiger partial charge in [0.2, 0.25) is 0 Å². The van der Waals surface area contributed by atoms with Crippen LogP contribution in [0.1, 0.15) is 10.4 Å². The molecule has 0 aliphatic rings. The number of para-hydroxylation sites is 2. The summed E-state index contributed by atoms with van der Waals surface area (Å²) < 4.78 is 13.4. The molecule has 7 heteroatoms. The molecule has 1 N–H and O–H groups in total. The molecule has 0 atom stereocenters. The van der Waals surface area contributed by atoms with Crippen LogP contribution >= 0.6 is 15.9 Å². The van der Waals surface area contributed by atoms with Crippen molar-refractivity contribution in [2.24, 2.45) is 0 Å². The van der Waals surface area contributed by atoms with Gasteiger partial charge in [0.1, 0.15) is 17.2 Å². The Kier molecular flexibility index (Phi) is 6.04. The molecular weight excluding hydrogens is 458 g/mol. The van der Waals surface area contributed by atoms with Crippen molar-refractivity contribution in [1.29, 1.82) is 0 Å². The number of hydrogen-bond donors (Lipinski definition) is 1. The Morgan fingerprint density at radius 1 is 0.968 bits per heavy atom. The Morgan fingerprint density at radius 3 is 2.42 bits per heavy atom. The van der Waals surface area contributed by atoms with Gasteiger partial charge in [-0.2, -0.15) is 5.10 Å². The molecule has 0 saturated heterocycles. The molecule has 0 aliphatic carbocycles. The quantitative estimate of drug-likeness (QED) is 0.394. The number of rotatable bonds is 6. The van der Waals surface area contributed by atoms with Gasteiger partial charge >= 0.3 is 0 Å². The number of benzene rings is 3. The summed E-state index contributed by atoms with van der Waals surface area (Å²) >= 11 is 3.47. The molecule has 0 aliphatic heterocycles. The van der Waals surface area contributed by atoms with E-state index in [-0.39, 0.29) is 5.91 Å². The Morgan fingerprint density at radius 2 is 1.71 bits per heavy atom. The topological polar surface area (TPSA) is 65.4 Å². The first-order valence-corrected chi connectivity index (χ1v) is 10.3. The minimum atomic E-state index is -0.283. The number of amides is 1. The summed E-state index contributed by atoms with van der Waals surface area (Å²) in [5.41, 5.74) is 3.07. The van der Waals surface area contributed by atoms with Gasteiger partial charge in [0.25, 0.3) is 5.91 Å². The van der Waals surface area contributed by atoms with E-state index in [9.17, 15) is 4.79 Å². The van der Waals surface area contributed by atoms with E-state index in [1.165, 1.54) is 0 Å². The van der Waals surface area contributed by atoms with Crippen molar-refractivity contribution in [2.75, 3.05) is 19.5 Å². The number of hydrogen-bond acceptors (Lipinski definition) is 4. The third kappa shape index (κ3) is 4.32. The van der Waals surface area contributed by atoms with Gasteiger partial charge in [-0.3, -0.25) is 4.79 Å². The molecule has 0 bridgehead atoms. The fraction of sp³-hybridized carbons (Fsp3) is 0.0833. The van der Waals surface area contributed by atoms with E-state index in [1.807, 2.05) is 60.7 Å². The van der Waals surface area contributed by atoms with Crippen LogP contribution in [0, 0.1) is 0 Å². The second kappa shape index (κ2) is 9.06. The highest BCUT2D eigenvalue weighted by Crippen LogP contribution is 2.35. The average molecular weight is 478 g/mol. The molecule has 1 aromatic heterocycles. The van der Waals surface area contributed by atoms with Crippen molar-refractivity contribution in [3.05, 3.63) is 89.0 Å². The van der Waals surface area contributed by atoms with E-state index in [1.54, 1.807) is 37.2 Å². The molecular formula is C24H20BrN3O3. The maximum Gasteiger partial charge on any atom is 0.259 e. The van der Waals surface area contributed by atoms with Crippen LogP contribution in [0.15, 0.2) is 83.5 Å². The highest BCUT2D eigenvalue weighted by molar-refractivity contribution is 9.10. The molecule has 0 unspecified atom stereocenters. The molecule has 6 nitrogen and oxygen atoms in total. The lowest BCUT2D eigenvalue weighted by atomic mass is 10.1. The molecule has 4 aromatic rings. The maximum absolute atomic E-state index is 13.3. The first kappa shape index (κ1) is 20.7. The minimum absolute atomic E-state index is 0.283. The first-order valence-electron chi connectivity index (χ1n) is 9.54. The van der Waals surface area contributed by atoms with E-state index in [0.717, 1.165) is 10.2 Å². The van der Waals surface area contributed by atoms with Crippen molar-refractivity contribution in [2.45, 2.75) is 0 Å². The van der Waals surface area contributed by atoms with Crippen LogP contribution in [0.3, 0.4) is 0 Å². The van der Waals surface area contributed by atoms with E-state index >= 15 is 0 Å². The molecule has 0 radical (unpaired) electrons. The molecule has 3 aromatic carbocycles. The van der Waals surface area contributed by atoms with Gasteiger partial charge in [0.05, 0.1) is 31.2 Å². The molecule has 0 saturated carbocycles. The third-order valence-corrected chi connectivity index (χ3v) is 5.45. The van der Waals surface area contributed by atoms with E-state index in [2.05, 4.69) is 21.2 Å². The first-order chi connectivity index (χ1) is 15.1. The monoisotopic (exact) mass is 477 g/mol. The summed E-state index contributed by atoms with van der Waals surface area (Å²) in [6.07, 6.45) is 1.72. The largest absolute Gasteiger partial charge is 0.497 e. The summed E-state index contributed by atoms with van der Waals surface area (Å²) in [6.45, 7) is 0. The highest BCUT2D eigenvalue weighted by atomic mass is 79.9. The van der Waals surface area contributed by atoms with Gasteiger partial charge in [-0.05, 0) is 58.4 Å². The molecule has 156 valence electrons. The molecule has 31 heavy (non-hydrogen) atoms. The fourth-order valence-corrected chi connectivity index (χ4v) is 3.59. The van der Waals surface area contributed by atoms with Crippen molar-refractivity contribution >= 4 is 27.5 Å². The number of carbonyl (C=O) groups is 1.